The van der Waals surface area contributed by atoms with Crippen LogP contribution in [0.25, 0.3) is 0 Å². The van der Waals surface area contributed by atoms with Crippen LogP contribution in [-0.4, -0.2) is 112 Å². The van der Waals surface area contributed by atoms with Gasteiger partial charge in [0.25, 0.3) is 0 Å². The molecule has 112 valence electrons. The van der Waals surface area contributed by atoms with Gasteiger partial charge in [0.15, 0.2) is 0 Å². The fraction of sp³-hybridized carbons (Fsp3) is 1.00. The first-order valence-electron chi connectivity index (χ1n) is 7.95. The molecule has 0 saturated carbocycles. The first-order chi connectivity index (χ1) is 8.86. The molecule has 0 unspecified atom stereocenters. The van der Waals surface area contributed by atoms with Gasteiger partial charge in [-0.1, -0.05) is 0 Å². The molecule has 2 aliphatic rings. The van der Waals surface area contributed by atoms with Crippen LogP contribution in [0.4, 0.5) is 0 Å². The van der Waals surface area contributed by atoms with Crippen molar-refractivity contribution >= 4 is 0 Å². The molecule has 0 spiro atoms. The zero-order valence-electron chi connectivity index (χ0n) is 13.6. The zero-order valence-corrected chi connectivity index (χ0v) is 13.6. The SMILES string of the molecule is C[N+]1(C)CCN(CCCN2CC[N+](C)(C)CC2)CC1. The van der Waals surface area contributed by atoms with Gasteiger partial charge in [0.05, 0.1) is 54.4 Å². The van der Waals surface area contributed by atoms with E-state index in [1.807, 2.05) is 0 Å². The predicted octanol–water partition coefficient (Wildman–Crippen LogP) is 0.161. The van der Waals surface area contributed by atoms with E-state index in [9.17, 15) is 0 Å². The van der Waals surface area contributed by atoms with Crippen molar-refractivity contribution in [1.82, 2.24) is 9.80 Å². The van der Waals surface area contributed by atoms with Crippen LogP contribution in [0.2, 0.25) is 0 Å². The van der Waals surface area contributed by atoms with Crippen molar-refractivity contribution in [3.05, 3.63) is 0 Å². The van der Waals surface area contributed by atoms with E-state index in [0.29, 0.717) is 0 Å². The average molecular weight is 270 g/mol. The van der Waals surface area contributed by atoms with Gasteiger partial charge in [-0.25, -0.2) is 0 Å². The molecule has 0 aromatic rings. The number of likely N-dealkylation sites (N-methyl/N-ethyl adjacent to an activating group) is 2. The van der Waals surface area contributed by atoms with Crippen LogP contribution in [0.15, 0.2) is 0 Å². The number of hydrogen-bond acceptors (Lipinski definition) is 2. The molecule has 4 nitrogen and oxygen atoms in total. The number of rotatable bonds is 4. The Morgan fingerprint density at radius 3 is 1.26 bits per heavy atom. The number of nitrogens with zero attached hydrogens (tertiary/aromatic N) is 4. The van der Waals surface area contributed by atoms with Crippen molar-refractivity contribution < 1.29 is 8.97 Å². The first-order valence-corrected chi connectivity index (χ1v) is 7.95. The van der Waals surface area contributed by atoms with Crippen molar-refractivity contribution in [2.75, 3.05) is 93.6 Å². The monoisotopic (exact) mass is 270 g/mol. The van der Waals surface area contributed by atoms with Gasteiger partial charge in [-0.05, 0) is 19.5 Å². The number of piperazine rings is 2. The van der Waals surface area contributed by atoms with Gasteiger partial charge >= 0.3 is 0 Å². The third-order valence-corrected chi connectivity index (χ3v) is 5.03. The van der Waals surface area contributed by atoms with E-state index in [2.05, 4.69) is 38.0 Å². The second-order valence-electron chi connectivity index (χ2n) is 7.80. The van der Waals surface area contributed by atoms with E-state index in [0.717, 1.165) is 0 Å². The molecular formula is C15H34N4+2. The average Bonchev–Trinajstić information content (AvgIpc) is 2.33. The summed E-state index contributed by atoms with van der Waals surface area (Å²) in [5, 5.41) is 0. The molecule has 4 heteroatoms. The van der Waals surface area contributed by atoms with E-state index in [4.69, 9.17) is 0 Å². The number of quaternary nitrogens is 2. The molecule has 2 rings (SSSR count). The summed E-state index contributed by atoms with van der Waals surface area (Å²) < 4.78 is 2.41. The van der Waals surface area contributed by atoms with E-state index in [1.165, 1.54) is 80.8 Å². The minimum Gasteiger partial charge on any atom is -0.326 e. The summed E-state index contributed by atoms with van der Waals surface area (Å²) in [5.41, 5.74) is 0. The van der Waals surface area contributed by atoms with Crippen LogP contribution in [0.1, 0.15) is 6.42 Å². The molecule has 2 aliphatic heterocycles. The predicted molar refractivity (Wildman–Crippen MR) is 81.2 cm³/mol. The molecule has 0 N–H and O–H groups in total. The topological polar surface area (TPSA) is 6.48 Å². The van der Waals surface area contributed by atoms with Gasteiger partial charge in [0, 0.05) is 26.2 Å². The molecule has 2 saturated heterocycles. The van der Waals surface area contributed by atoms with Gasteiger partial charge in [0.2, 0.25) is 0 Å². The third-order valence-electron chi connectivity index (χ3n) is 5.03. The first kappa shape index (κ1) is 15.2. The Balaban J connectivity index is 1.58. The maximum absolute atomic E-state index is 2.66. The van der Waals surface area contributed by atoms with Gasteiger partial charge in [-0.15, -0.1) is 0 Å². The molecular weight excluding hydrogens is 236 g/mol. The van der Waals surface area contributed by atoms with Crippen LogP contribution < -0.4 is 0 Å². The summed E-state index contributed by atoms with van der Waals surface area (Å²) in [6.45, 7) is 13.0. The lowest BCUT2D eigenvalue weighted by molar-refractivity contribution is -0.894. The summed E-state index contributed by atoms with van der Waals surface area (Å²) in [5.74, 6) is 0. The largest absolute Gasteiger partial charge is 0.326 e. The van der Waals surface area contributed by atoms with Crippen LogP contribution in [0, 0.1) is 0 Å². The van der Waals surface area contributed by atoms with Crippen molar-refractivity contribution in [3.63, 3.8) is 0 Å². The minimum absolute atomic E-state index is 1.20. The molecule has 19 heavy (non-hydrogen) atoms. The van der Waals surface area contributed by atoms with Gasteiger partial charge in [0.1, 0.15) is 0 Å². The van der Waals surface area contributed by atoms with E-state index in [1.54, 1.807) is 0 Å². The summed E-state index contributed by atoms with van der Waals surface area (Å²) >= 11 is 0. The van der Waals surface area contributed by atoms with Crippen LogP contribution in [-0.2, 0) is 0 Å². The van der Waals surface area contributed by atoms with Crippen LogP contribution >= 0.6 is 0 Å². The summed E-state index contributed by atoms with van der Waals surface area (Å²) in [4.78, 5) is 5.32. The lowest BCUT2D eigenvalue weighted by atomic mass is 10.2. The number of hydrogen-bond donors (Lipinski definition) is 0. The van der Waals surface area contributed by atoms with E-state index in [-0.39, 0.29) is 0 Å². The fourth-order valence-electron chi connectivity index (χ4n) is 3.06. The maximum Gasteiger partial charge on any atom is 0.0912 e. The van der Waals surface area contributed by atoms with Gasteiger partial charge in [-0.3, -0.25) is 9.80 Å². The Labute approximate surface area is 119 Å². The van der Waals surface area contributed by atoms with Gasteiger partial charge in [-0.2, -0.15) is 0 Å². The highest BCUT2D eigenvalue weighted by Crippen LogP contribution is 2.09. The second kappa shape index (κ2) is 6.08. The molecule has 0 aromatic heterocycles. The smallest absolute Gasteiger partial charge is 0.0912 e. The molecule has 2 heterocycles. The molecule has 0 amide bonds. The van der Waals surface area contributed by atoms with E-state index >= 15 is 0 Å². The lowest BCUT2D eigenvalue weighted by Crippen LogP contribution is -2.56. The van der Waals surface area contributed by atoms with Crippen molar-refractivity contribution in [3.8, 4) is 0 Å². The summed E-state index contributed by atoms with van der Waals surface area (Å²) in [6.07, 6.45) is 1.35. The quantitative estimate of drug-likeness (QED) is 0.672. The summed E-state index contributed by atoms with van der Waals surface area (Å²) in [6, 6.07) is 0. The third kappa shape index (κ3) is 5.03. The fourth-order valence-corrected chi connectivity index (χ4v) is 3.06. The Morgan fingerprint density at radius 2 is 0.947 bits per heavy atom. The lowest BCUT2D eigenvalue weighted by Gasteiger charge is -2.40. The maximum atomic E-state index is 2.66. The Morgan fingerprint density at radius 1 is 0.632 bits per heavy atom. The standard InChI is InChI=1S/C15H34N4/c1-18(2)12-8-16(9-13-18)6-5-7-17-10-14-19(3,4)15-11-17/h5-15H2,1-4H3/q+2. The van der Waals surface area contributed by atoms with Crippen molar-refractivity contribution in [2.45, 2.75) is 6.42 Å². The highest BCUT2D eigenvalue weighted by atomic mass is 15.4. The van der Waals surface area contributed by atoms with Crippen molar-refractivity contribution in [2.24, 2.45) is 0 Å². The van der Waals surface area contributed by atoms with Crippen LogP contribution in [0.3, 0.4) is 0 Å². The Kier molecular flexibility index (Phi) is 4.88. The molecule has 2 fully saturated rings. The van der Waals surface area contributed by atoms with Gasteiger partial charge < -0.3 is 8.97 Å². The Hall–Kier alpha value is -0.160. The van der Waals surface area contributed by atoms with Crippen molar-refractivity contribution in [1.29, 1.82) is 0 Å². The molecule has 0 bridgehead atoms. The highest BCUT2D eigenvalue weighted by molar-refractivity contribution is 4.66. The highest BCUT2D eigenvalue weighted by Gasteiger charge is 2.25. The minimum atomic E-state index is 1.20. The molecule has 0 atom stereocenters. The molecule has 0 radical (unpaired) electrons. The molecule has 0 aromatic carbocycles. The zero-order chi connectivity index (χ0) is 13.9. The summed E-state index contributed by atoms with van der Waals surface area (Å²) in [7, 11) is 9.41. The second-order valence-corrected chi connectivity index (χ2v) is 7.80. The Bertz CT molecular complexity index is 240. The normalized spacial score (nSPS) is 28.4. The van der Waals surface area contributed by atoms with E-state index < -0.39 is 0 Å². The van der Waals surface area contributed by atoms with Crippen LogP contribution in [0.5, 0.6) is 0 Å². The molecule has 0 aliphatic carbocycles.